The molecule has 2 saturated carbocycles. The van der Waals surface area contributed by atoms with Crippen LogP contribution in [0, 0.1) is 89.8 Å². The first-order chi connectivity index (χ1) is 11.8. The van der Waals surface area contributed by atoms with E-state index >= 15 is 0 Å². The fourth-order valence-corrected chi connectivity index (χ4v) is 3.58. The minimum Gasteiger partial charge on any atom is -0.328 e. The van der Waals surface area contributed by atoms with Gasteiger partial charge in [0, 0.05) is 0 Å². The van der Waals surface area contributed by atoms with Crippen molar-refractivity contribution in [2.75, 3.05) is 0 Å². The molecule has 3 rings (SSSR count). The summed E-state index contributed by atoms with van der Waals surface area (Å²) in [6.07, 6.45) is 20.0. The van der Waals surface area contributed by atoms with E-state index < -0.39 is 8.07 Å². The van der Waals surface area contributed by atoms with E-state index in [1.54, 1.807) is 0 Å². The Bertz CT molecular complexity index is 492. The molecule has 2 heteroatoms. The van der Waals surface area contributed by atoms with Crippen LogP contribution in [0.15, 0.2) is 12.1 Å². The largest absolute Gasteiger partial charge is 2.00 e. The normalized spacial score (nSPS) is 16.8. The van der Waals surface area contributed by atoms with Crippen molar-refractivity contribution in [3.05, 3.63) is 105 Å². The first kappa shape index (κ1) is 26.1. The fraction of sp³-hybridized carbons (Fsp3) is 0.250. The zero-order valence-electron chi connectivity index (χ0n) is 16.9. The van der Waals surface area contributed by atoms with Gasteiger partial charge < -0.3 is 11.3 Å². The van der Waals surface area contributed by atoms with Gasteiger partial charge in [0.25, 0.3) is 0 Å². The molecule has 0 heterocycles. The van der Waals surface area contributed by atoms with Crippen molar-refractivity contribution in [2.24, 2.45) is 0 Å². The van der Waals surface area contributed by atoms with E-state index in [0.717, 1.165) is 0 Å². The van der Waals surface area contributed by atoms with Gasteiger partial charge in [0.2, 0.25) is 0 Å². The summed E-state index contributed by atoms with van der Waals surface area (Å²) in [4.78, 5) is 0. The zero-order valence-corrected chi connectivity index (χ0v) is 20.4. The number of rotatable bonds is 2. The van der Waals surface area contributed by atoms with E-state index in [1.165, 1.54) is 22.3 Å². The van der Waals surface area contributed by atoms with Crippen LogP contribution < -0.4 is 0 Å². The second-order valence-corrected chi connectivity index (χ2v) is 11.9. The summed E-state index contributed by atoms with van der Waals surface area (Å²) < 4.78 is 0. The minimum atomic E-state index is -1.25. The maximum Gasteiger partial charge on any atom is 2.00 e. The molecule has 0 nitrogen and oxygen atoms in total. The van der Waals surface area contributed by atoms with Gasteiger partial charge in [-0.1, -0.05) is 33.5 Å². The summed E-state index contributed by atoms with van der Waals surface area (Å²) in [6, 6.07) is 7.70. The standard InChI is InChI=1S/C14H20Si.2C5H5.Zr/c1-11-7-8-12(2)14(9-11)13(3)10-15(4,5)6;2*1-2-4-5-3-1;/h7-8H,1-6H3;2*1-5H;/q-2;;;+2. The van der Waals surface area contributed by atoms with Gasteiger partial charge >= 0.3 is 26.2 Å². The first-order valence-corrected chi connectivity index (χ1v) is 12.2. The Morgan fingerprint density at radius 2 is 1.15 bits per heavy atom. The number of allylic oxidation sites excluding steroid dienone is 1. The Morgan fingerprint density at radius 3 is 1.50 bits per heavy atom. The summed E-state index contributed by atoms with van der Waals surface area (Å²) in [5, 5.41) is 0. The summed E-state index contributed by atoms with van der Waals surface area (Å²) in [5.41, 5.74) is 8.62. The molecule has 0 aromatic heterocycles. The average molecular weight is 438 g/mol. The van der Waals surface area contributed by atoms with Gasteiger partial charge in [-0.2, -0.15) is 11.6 Å². The van der Waals surface area contributed by atoms with E-state index in [4.69, 9.17) is 0 Å². The smallest absolute Gasteiger partial charge is 0.328 e. The Labute approximate surface area is 184 Å². The molecule has 1 aromatic rings. The molecule has 10 radical (unpaired) electrons. The van der Waals surface area contributed by atoms with Gasteiger partial charge in [0.05, 0.1) is 0 Å². The van der Waals surface area contributed by atoms with Crippen LogP contribution in [-0.2, 0) is 26.2 Å². The minimum absolute atomic E-state index is 0. The monoisotopic (exact) mass is 436 g/mol. The third kappa shape index (κ3) is 12.4. The maximum atomic E-state index is 3.63. The molecule has 0 atom stereocenters. The van der Waals surface area contributed by atoms with Gasteiger partial charge in [0.1, 0.15) is 0 Å². The summed E-state index contributed by atoms with van der Waals surface area (Å²) in [7, 11) is -1.25. The molecule has 0 bridgehead atoms. The molecular weight excluding hydrogens is 408 g/mol. The van der Waals surface area contributed by atoms with Gasteiger partial charge in [-0.05, 0) is 72.3 Å². The molecule has 134 valence electrons. The van der Waals surface area contributed by atoms with Crippen LogP contribution in [0.25, 0.3) is 5.57 Å². The van der Waals surface area contributed by atoms with E-state index in [1.807, 2.05) is 64.2 Å². The first-order valence-electron chi connectivity index (χ1n) is 8.74. The number of hydrogen-bond acceptors (Lipinski definition) is 0. The van der Waals surface area contributed by atoms with Crippen molar-refractivity contribution in [2.45, 2.75) is 40.4 Å². The summed E-state index contributed by atoms with van der Waals surface area (Å²) >= 11 is 0. The van der Waals surface area contributed by atoms with Crippen LogP contribution in [0.3, 0.4) is 0 Å². The van der Waals surface area contributed by atoms with E-state index in [9.17, 15) is 0 Å². The van der Waals surface area contributed by atoms with Gasteiger partial charge in [-0.3, -0.25) is 5.56 Å². The second kappa shape index (κ2) is 14.1. The van der Waals surface area contributed by atoms with Crippen LogP contribution in [0.4, 0.5) is 0 Å². The van der Waals surface area contributed by atoms with Gasteiger partial charge in [-0.15, -0.1) is 13.0 Å². The summed E-state index contributed by atoms with van der Waals surface area (Å²) in [5.74, 6) is 0. The molecule has 0 amide bonds. The Kier molecular flexibility index (Phi) is 14.1. The Balaban J connectivity index is 0.000000460. The molecular formula is C24H30SiZr. The van der Waals surface area contributed by atoms with Crippen molar-refractivity contribution >= 4 is 13.6 Å². The third-order valence-corrected chi connectivity index (χ3v) is 4.47. The Morgan fingerprint density at radius 1 is 0.769 bits per heavy atom. The Hall–Kier alpha value is 0.0600. The fourth-order valence-electron chi connectivity index (χ4n) is 2.33. The molecule has 0 N–H and O–H groups in total. The van der Waals surface area contributed by atoms with Gasteiger partial charge in [-0.25, -0.2) is 11.6 Å². The van der Waals surface area contributed by atoms with Crippen molar-refractivity contribution in [1.82, 2.24) is 0 Å². The van der Waals surface area contributed by atoms with Crippen LogP contribution in [-0.4, -0.2) is 8.07 Å². The van der Waals surface area contributed by atoms with Gasteiger partial charge in [0.15, 0.2) is 0 Å². The van der Waals surface area contributed by atoms with Crippen molar-refractivity contribution < 1.29 is 26.2 Å². The molecule has 0 spiro atoms. The van der Waals surface area contributed by atoms with Crippen LogP contribution in [0.1, 0.15) is 23.6 Å². The molecule has 2 aliphatic carbocycles. The molecule has 0 unspecified atom stereocenters. The number of aryl methyl sites for hydroxylation is 2. The molecule has 0 saturated heterocycles. The van der Waals surface area contributed by atoms with E-state index in [2.05, 4.69) is 64.3 Å². The molecule has 1 aromatic carbocycles. The predicted molar refractivity (Wildman–Crippen MR) is 113 cm³/mol. The summed E-state index contributed by atoms with van der Waals surface area (Å²) in [6.45, 7) is 13.3. The van der Waals surface area contributed by atoms with Crippen LogP contribution in [0.2, 0.25) is 19.6 Å². The van der Waals surface area contributed by atoms with Crippen molar-refractivity contribution in [3.63, 3.8) is 0 Å². The maximum absolute atomic E-state index is 3.63. The van der Waals surface area contributed by atoms with E-state index in [0.29, 0.717) is 0 Å². The SMILES string of the molecule is CC(=[C-][Si](C)(C)C)c1[c-]c(C)ccc1C.[CH]1[CH][CH][CH][CH]1.[CH]1[CH][CH][CH][CH]1.[Zr+2]. The van der Waals surface area contributed by atoms with E-state index in [-0.39, 0.29) is 26.2 Å². The predicted octanol–water partition coefficient (Wildman–Crippen LogP) is 6.23. The van der Waals surface area contributed by atoms with Crippen molar-refractivity contribution in [1.29, 1.82) is 0 Å². The van der Waals surface area contributed by atoms with Crippen molar-refractivity contribution in [3.8, 4) is 0 Å². The molecule has 2 aliphatic rings. The van der Waals surface area contributed by atoms with Crippen LogP contribution >= 0.6 is 0 Å². The number of benzene rings is 1. The molecule has 0 aliphatic heterocycles. The van der Waals surface area contributed by atoms with Crippen LogP contribution in [0.5, 0.6) is 0 Å². The second-order valence-electron chi connectivity index (χ2n) is 7.12. The number of hydrogen-bond donors (Lipinski definition) is 0. The average Bonchev–Trinajstić information content (AvgIpc) is 3.26. The third-order valence-electron chi connectivity index (χ3n) is 3.35. The zero-order chi connectivity index (χ0) is 18.7. The molecule has 2 fully saturated rings. The topological polar surface area (TPSA) is 0 Å². The molecule has 26 heavy (non-hydrogen) atoms. The quantitative estimate of drug-likeness (QED) is 0.380.